The number of carbonyl (C=O) groups is 3. The summed E-state index contributed by atoms with van der Waals surface area (Å²) in [6.45, 7) is -0.725. The molecule has 0 saturated heterocycles. The minimum absolute atomic E-state index is 0.218. The van der Waals surface area contributed by atoms with Crippen LogP contribution in [0.3, 0.4) is 0 Å². The molecule has 3 rings (SSSR count). The van der Waals surface area contributed by atoms with Gasteiger partial charge in [-0.05, 0) is 48.5 Å². The number of benzene rings is 3. The second kappa shape index (κ2) is 12.7. The zero-order valence-electron chi connectivity index (χ0n) is 20.0. The third-order valence-corrected chi connectivity index (χ3v) is 4.83. The van der Waals surface area contributed by atoms with Crippen molar-refractivity contribution in [3.63, 3.8) is 0 Å². The van der Waals surface area contributed by atoms with Crippen LogP contribution in [0.1, 0.15) is 10.4 Å². The van der Waals surface area contributed by atoms with Crippen molar-refractivity contribution in [1.82, 2.24) is 0 Å². The van der Waals surface area contributed by atoms with E-state index in [1.54, 1.807) is 42.5 Å². The van der Waals surface area contributed by atoms with Gasteiger partial charge in [-0.1, -0.05) is 6.07 Å². The lowest BCUT2D eigenvalue weighted by Crippen LogP contribution is -2.21. The van der Waals surface area contributed by atoms with Crippen LogP contribution in [0.5, 0.6) is 23.0 Å². The summed E-state index contributed by atoms with van der Waals surface area (Å²) >= 11 is 0. The molecule has 3 aromatic rings. The van der Waals surface area contributed by atoms with Gasteiger partial charge in [0.1, 0.15) is 23.0 Å². The number of anilines is 2. The van der Waals surface area contributed by atoms with Crippen LogP contribution in [0.4, 0.5) is 11.4 Å². The molecule has 188 valence electrons. The van der Waals surface area contributed by atoms with Gasteiger partial charge in [0.05, 0.1) is 32.6 Å². The highest BCUT2D eigenvalue weighted by atomic mass is 16.5. The van der Waals surface area contributed by atoms with Crippen molar-refractivity contribution in [1.29, 1.82) is 0 Å². The Morgan fingerprint density at radius 2 is 1.36 bits per heavy atom. The van der Waals surface area contributed by atoms with Gasteiger partial charge >= 0.3 is 5.97 Å². The summed E-state index contributed by atoms with van der Waals surface area (Å²) < 4.78 is 26.0. The second-order valence-corrected chi connectivity index (χ2v) is 7.28. The van der Waals surface area contributed by atoms with E-state index >= 15 is 0 Å². The van der Waals surface area contributed by atoms with Gasteiger partial charge in [-0.3, -0.25) is 9.59 Å². The summed E-state index contributed by atoms with van der Waals surface area (Å²) in [5.41, 5.74) is 1.18. The van der Waals surface area contributed by atoms with Crippen molar-refractivity contribution in [2.75, 3.05) is 45.2 Å². The number of esters is 1. The lowest BCUT2D eigenvalue weighted by Gasteiger charge is -2.12. The summed E-state index contributed by atoms with van der Waals surface area (Å²) in [6.07, 6.45) is 0. The summed E-state index contributed by atoms with van der Waals surface area (Å²) in [5.74, 6) is 0.378. The number of methoxy groups -OCH3 is 3. The highest BCUT2D eigenvalue weighted by molar-refractivity contribution is 5.96. The van der Waals surface area contributed by atoms with E-state index in [2.05, 4.69) is 10.6 Å². The van der Waals surface area contributed by atoms with Crippen molar-refractivity contribution >= 4 is 29.2 Å². The zero-order valence-corrected chi connectivity index (χ0v) is 20.0. The van der Waals surface area contributed by atoms with E-state index in [1.807, 2.05) is 0 Å². The fourth-order valence-corrected chi connectivity index (χ4v) is 3.05. The molecule has 0 unspecified atom stereocenters. The van der Waals surface area contributed by atoms with Crippen LogP contribution < -0.4 is 29.6 Å². The standard InChI is InChI=1S/C26H26N2O8/c1-32-20-6-4-5-18(13-20)27-24(29)15-35-19-9-7-17(8-10-19)26(31)36-16-25(30)28-22-14-21(33-2)11-12-23(22)34-3/h4-14H,15-16H2,1-3H3,(H,27,29)(H,28,30). The molecule has 0 heterocycles. The molecule has 10 nitrogen and oxygen atoms in total. The number of nitrogens with one attached hydrogen (secondary N) is 2. The van der Waals surface area contributed by atoms with E-state index in [-0.39, 0.29) is 18.1 Å². The highest BCUT2D eigenvalue weighted by Gasteiger charge is 2.13. The van der Waals surface area contributed by atoms with Gasteiger partial charge in [0.2, 0.25) is 0 Å². The third-order valence-electron chi connectivity index (χ3n) is 4.83. The molecule has 3 aromatic carbocycles. The second-order valence-electron chi connectivity index (χ2n) is 7.28. The molecule has 0 aliphatic carbocycles. The Hall–Kier alpha value is -4.73. The van der Waals surface area contributed by atoms with Crippen molar-refractivity contribution in [2.24, 2.45) is 0 Å². The predicted octanol–water partition coefficient (Wildman–Crippen LogP) is 3.53. The van der Waals surface area contributed by atoms with Crippen molar-refractivity contribution in [3.05, 3.63) is 72.3 Å². The van der Waals surface area contributed by atoms with Crippen LogP contribution in [-0.4, -0.2) is 52.3 Å². The molecule has 0 aliphatic heterocycles. The van der Waals surface area contributed by atoms with Gasteiger partial charge in [0, 0.05) is 17.8 Å². The Labute approximate surface area is 208 Å². The zero-order chi connectivity index (χ0) is 25.9. The average molecular weight is 495 g/mol. The van der Waals surface area contributed by atoms with E-state index in [0.29, 0.717) is 34.4 Å². The number of rotatable bonds is 11. The summed E-state index contributed by atoms with van der Waals surface area (Å²) in [4.78, 5) is 36.6. The first-order valence-corrected chi connectivity index (χ1v) is 10.8. The normalized spacial score (nSPS) is 10.1. The molecule has 0 spiro atoms. The highest BCUT2D eigenvalue weighted by Crippen LogP contribution is 2.28. The Morgan fingerprint density at radius 3 is 2.06 bits per heavy atom. The molecule has 10 heteroatoms. The molecule has 2 amide bonds. The first-order valence-electron chi connectivity index (χ1n) is 10.8. The van der Waals surface area contributed by atoms with E-state index in [1.165, 1.54) is 45.6 Å². The topological polar surface area (TPSA) is 121 Å². The summed E-state index contributed by atoms with van der Waals surface area (Å²) in [6, 6.07) is 17.9. The molecule has 0 bridgehead atoms. The van der Waals surface area contributed by atoms with Gasteiger partial charge in [-0.25, -0.2) is 4.79 Å². The Kier molecular flexibility index (Phi) is 9.10. The Balaban J connectivity index is 1.46. The van der Waals surface area contributed by atoms with Crippen LogP contribution in [-0.2, 0) is 14.3 Å². The molecule has 36 heavy (non-hydrogen) atoms. The molecule has 0 aromatic heterocycles. The molecular weight excluding hydrogens is 468 g/mol. The number of carbonyl (C=O) groups excluding carboxylic acids is 3. The SMILES string of the molecule is COc1cccc(NC(=O)COc2ccc(C(=O)OCC(=O)Nc3cc(OC)ccc3OC)cc2)c1. The van der Waals surface area contributed by atoms with Crippen LogP contribution in [0, 0.1) is 0 Å². The van der Waals surface area contributed by atoms with E-state index in [9.17, 15) is 14.4 Å². The molecule has 0 fully saturated rings. The first-order chi connectivity index (χ1) is 17.4. The average Bonchev–Trinajstić information content (AvgIpc) is 2.90. The quantitative estimate of drug-likeness (QED) is 0.389. The Morgan fingerprint density at radius 1 is 0.694 bits per heavy atom. The minimum atomic E-state index is -0.690. The fraction of sp³-hybridized carbons (Fsp3) is 0.192. The van der Waals surface area contributed by atoms with Gasteiger partial charge in [-0.15, -0.1) is 0 Å². The maximum atomic E-state index is 12.3. The van der Waals surface area contributed by atoms with Gasteiger partial charge in [0.25, 0.3) is 11.8 Å². The van der Waals surface area contributed by atoms with Crippen molar-refractivity contribution < 1.29 is 38.1 Å². The monoisotopic (exact) mass is 494 g/mol. The van der Waals surface area contributed by atoms with E-state index in [0.717, 1.165) is 0 Å². The molecule has 0 radical (unpaired) electrons. The minimum Gasteiger partial charge on any atom is -0.497 e. The molecular formula is C26H26N2O8. The molecule has 0 atom stereocenters. The number of hydrogen-bond donors (Lipinski definition) is 2. The van der Waals surface area contributed by atoms with Crippen LogP contribution in [0.2, 0.25) is 0 Å². The van der Waals surface area contributed by atoms with Crippen molar-refractivity contribution in [3.8, 4) is 23.0 Å². The van der Waals surface area contributed by atoms with Crippen LogP contribution in [0.25, 0.3) is 0 Å². The maximum absolute atomic E-state index is 12.3. The first kappa shape index (κ1) is 25.9. The smallest absolute Gasteiger partial charge is 0.338 e. The van der Waals surface area contributed by atoms with Crippen LogP contribution >= 0.6 is 0 Å². The van der Waals surface area contributed by atoms with Gasteiger partial charge in [-0.2, -0.15) is 0 Å². The fourth-order valence-electron chi connectivity index (χ4n) is 3.05. The Bertz CT molecular complexity index is 1210. The van der Waals surface area contributed by atoms with Crippen LogP contribution in [0.15, 0.2) is 66.7 Å². The lowest BCUT2D eigenvalue weighted by atomic mass is 10.2. The third kappa shape index (κ3) is 7.39. The number of hydrogen-bond acceptors (Lipinski definition) is 8. The van der Waals surface area contributed by atoms with Crippen molar-refractivity contribution in [2.45, 2.75) is 0 Å². The van der Waals surface area contributed by atoms with Gasteiger partial charge in [0.15, 0.2) is 13.2 Å². The number of amides is 2. The summed E-state index contributed by atoms with van der Waals surface area (Å²) in [7, 11) is 4.51. The summed E-state index contributed by atoms with van der Waals surface area (Å²) in [5, 5.41) is 5.32. The van der Waals surface area contributed by atoms with Gasteiger partial charge < -0.3 is 34.3 Å². The number of ether oxygens (including phenoxy) is 5. The predicted molar refractivity (Wildman–Crippen MR) is 132 cm³/mol. The largest absolute Gasteiger partial charge is 0.497 e. The molecule has 2 N–H and O–H groups in total. The molecule has 0 saturated carbocycles. The van der Waals surface area contributed by atoms with E-state index < -0.39 is 18.5 Å². The molecule has 0 aliphatic rings. The van der Waals surface area contributed by atoms with E-state index in [4.69, 9.17) is 23.7 Å². The maximum Gasteiger partial charge on any atom is 0.338 e. The lowest BCUT2D eigenvalue weighted by molar-refractivity contribution is -0.119.